The number of anilines is 1. The quantitative estimate of drug-likeness (QED) is 0.620. The number of carbonyl (C=O) groups is 1. The van der Waals surface area contributed by atoms with Gasteiger partial charge in [-0.2, -0.15) is 4.98 Å². The van der Waals surface area contributed by atoms with Crippen LogP contribution in [0.5, 0.6) is 5.88 Å². The van der Waals surface area contributed by atoms with Gasteiger partial charge in [0.25, 0.3) is 0 Å². The average Bonchev–Trinajstić information content (AvgIpc) is 2.67. The van der Waals surface area contributed by atoms with Gasteiger partial charge in [-0.05, 0) is 47.4 Å². The van der Waals surface area contributed by atoms with Crippen LogP contribution < -0.4 is 10.1 Å². The summed E-state index contributed by atoms with van der Waals surface area (Å²) in [5.41, 5.74) is 3.45. The van der Waals surface area contributed by atoms with Crippen LogP contribution in [-0.4, -0.2) is 29.1 Å². The summed E-state index contributed by atoms with van der Waals surface area (Å²) in [7, 11) is 0. The van der Waals surface area contributed by atoms with E-state index in [1.807, 2.05) is 24.3 Å². The van der Waals surface area contributed by atoms with Crippen LogP contribution >= 0.6 is 11.6 Å². The van der Waals surface area contributed by atoms with E-state index in [4.69, 9.17) is 21.1 Å². The highest BCUT2D eigenvalue weighted by molar-refractivity contribution is 6.28. The molecule has 0 radical (unpaired) electrons. The van der Waals surface area contributed by atoms with Gasteiger partial charge < -0.3 is 14.8 Å². The molecule has 0 spiro atoms. The van der Waals surface area contributed by atoms with Crippen molar-refractivity contribution in [2.75, 3.05) is 18.5 Å². The Labute approximate surface area is 156 Å². The van der Waals surface area contributed by atoms with Gasteiger partial charge in [0.05, 0.1) is 18.8 Å². The zero-order chi connectivity index (χ0) is 18.4. The van der Waals surface area contributed by atoms with Gasteiger partial charge in [-0.15, -0.1) is 0 Å². The number of rotatable bonds is 6. The van der Waals surface area contributed by atoms with Crippen molar-refractivity contribution in [3.05, 3.63) is 65.6 Å². The van der Waals surface area contributed by atoms with Crippen LogP contribution in [0.3, 0.4) is 0 Å². The van der Waals surface area contributed by atoms with Crippen molar-refractivity contribution >= 4 is 28.8 Å². The highest BCUT2D eigenvalue weighted by atomic mass is 35.5. The molecule has 2 aromatic rings. The molecule has 1 aliphatic rings. The van der Waals surface area contributed by atoms with Crippen molar-refractivity contribution in [3.8, 4) is 5.88 Å². The van der Waals surface area contributed by atoms with Gasteiger partial charge in [-0.25, -0.2) is 4.98 Å². The average molecular weight is 372 g/mol. The first-order valence-corrected chi connectivity index (χ1v) is 8.48. The molecule has 1 aromatic heterocycles. The zero-order valence-electron chi connectivity index (χ0n) is 14.1. The summed E-state index contributed by atoms with van der Waals surface area (Å²) >= 11 is 5.93. The van der Waals surface area contributed by atoms with Crippen molar-refractivity contribution in [1.82, 2.24) is 9.97 Å². The molecule has 0 saturated heterocycles. The molecule has 2 heterocycles. The molecular weight excluding hydrogens is 354 g/mol. The first-order chi connectivity index (χ1) is 12.7. The van der Waals surface area contributed by atoms with Crippen molar-refractivity contribution < 1.29 is 14.3 Å². The maximum absolute atomic E-state index is 11.4. The molecule has 6 nitrogen and oxygen atoms in total. The maximum atomic E-state index is 11.4. The predicted octanol–water partition coefficient (Wildman–Crippen LogP) is 3.64. The van der Waals surface area contributed by atoms with E-state index in [0.717, 1.165) is 23.1 Å². The SMILES string of the molecule is C=CC(=O)Nc1cccc(COc2nc(Cl)ncc2C2=CCOCC2)c1. The van der Waals surface area contributed by atoms with Crippen molar-refractivity contribution in [2.45, 2.75) is 13.0 Å². The summed E-state index contributed by atoms with van der Waals surface area (Å²) in [4.78, 5) is 19.7. The molecule has 7 heteroatoms. The van der Waals surface area contributed by atoms with E-state index < -0.39 is 0 Å². The van der Waals surface area contributed by atoms with Gasteiger partial charge in [-0.1, -0.05) is 24.8 Å². The molecule has 1 aromatic carbocycles. The van der Waals surface area contributed by atoms with Crippen LogP contribution in [0.2, 0.25) is 5.28 Å². The maximum Gasteiger partial charge on any atom is 0.247 e. The summed E-state index contributed by atoms with van der Waals surface area (Å²) in [6.45, 7) is 4.93. The lowest BCUT2D eigenvalue weighted by atomic mass is 10.0. The van der Waals surface area contributed by atoms with E-state index in [1.54, 1.807) is 12.3 Å². The number of ether oxygens (including phenoxy) is 2. The van der Waals surface area contributed by atoms with Gasteiger partial charge in [0.1, 0.15) is 6.61 Å². The van der Waals surface area contributed by atoms with Gasteiger partial charge in [0.2, 0.25) is 17.1 Å². The smallest absolute Gasteiger partial charge is 0.247 e. The molecule has 0 fully saturated rings. The van der Waals surface area contributed by atoms with E-state index in [0.29, 0.717) is 24.8 Å². The number of amides is 1. The van der Waals surface area contributed by atoms with Gasteiger partial charge >= 0.3 is 0 Å². The predicted molar refractivity (Wildman–Crippen MR) is 100 cm³/mol. The Balaban J connectivity index is 1.76. The second-order valence-corrected chi connectivity index (χ2v) is 5.93. The van der Waals surface area contributed by atoms with Crippen LogP contribution in [0, 0.1) is 0 Å². The molecule has 0 bridgehead atoms. The highest BCUT2D eigenvalue weighted by Gasteiger charge is 2.15. The van der Waals surface area contributed by atoms with Gasteiger partial charge in [0, 0.05) is 11.9 Å². The zero-order valence-corrected chi connectivity index (χ0v) is 14.8. The highest BCUT2D eigenvalue weighted by Crippen LogP contribution is 2.29. The first-order valence-electron chi connectivity index (χ1n) is 8.10. The number of hydrogen-bond donors (Lipinski definition) is 1. The second kappa shape index (κ2) is 8.60. The summed E-state index contributed by atoms with van der Waals surface area (Å²) in [6.07, 6.45) is 5.65. The molecule has 1 amide bonds. The summed E-state index contributed by atoms with van der Waals surface area (Å²) < 4.78 is 11.2. The molecule has 0 atom stereocenters. The van der Waals surface area contributed by atoms with Crippen molar-refractivity contribution in [3.63, 3.8) is 0 Å². The lowest BCUT2D eigenvalue weighted by Gasteiger charge is -2.16. The molecule has 0 saturated carbocycles. The molecule has 0 unspecified atom stereocenters. The second-order valence-electron chi connectivity index (χ2n) is 5.59. The number of carbonyl (C=O) groups excluding carboxylic acids is 1. The van der Waals surface area contributed by atoms with Gasteiger partial charge in [0.15, 0.2) is 0 Å². The Morgan fingerprint density at radius 2 is 2.35 bits per heavy atom. The number of hydrogen-bond acceptors (Lipinski definition) is 5. The molecule has 26 heavy (non-hydrogen) atoms. The van der Waals surface area contributed by atoms with Crippen molar-refractivity contribution in [1.29, 1.82) is 0 Å². The van der Waals surface area contributed by atoms with E-state index in [-0.39, 0.29) is 17.8 Å². The lowest BCUT2D eigenvalue weighted by molar-refractivity contribution is -0.111. The Morgan fingerprint density at radius 1 is 1.46 bits per heavy atom. The monoisotopic (exact) mass is 371 g/mol. The normalized spacial score (nSPS) is 13.7. The number of nitrogens with one attached hydrogen (secondary N) is 1. The largest absolute Gasteiger partial charge is 0.472 e. The fourth-order valence-corrected chi connectivity index (χ4v) is 2.66. The van der Waals surface area contributed by atoms with Crippen LogP contribution in [0.1, 0.15) is 17.5 Å². The van der Waals surface area contributed by atoms with E-state index in [1.165, 1.54) is 6.08 Å². The molecule has 1 aliphatic heterocycles. The Hall–Kier alpha value is -2.70. The minimum atomic E-state index is -0.264. The van der Waals surface area contributed by atoms with Crippen LogP contribution in [0.4, 0.5) is 5.69 Å². The number of halogens is 1. The van der Waals surface area contributed by atoms with Crippen LogP contribution in [0.15, 0.2) is 49.2 Å². The minimum absolute atomic E-state index is 0.128. The molecule has 134 valence electrons. The standard InChI is InChI=1S/C19H18ClN3O3/c1-2-17(24)22-15-5-3-4-13(10-15)12-26-18-16(11-21-19(20)23-18)14-6-8-25-9-7-14/h2-6,10-11H,1,7-9,12H2,(H,22,24). The first kappa shape index (κ1) is 18.1. The van der Waals surface area contributed by atoms with E-state index in [9.17, 15) is 4.79 Å². The van der Waals surface area contributed by atoms with E-state index in [2.05, 4.69) is 21.9 Å². The minimum Gasteiger partial charge on any atom is -0.472 e. The van der Waals surface area contributed by atoms with Crippen molar-refractivity contribution in [2.24, 2.45) is 0 Å². The summed E-state index contributed by atoms with van der Waals surface area (Å²) in [6, 6.07) is 7.37. The lowest BCUT2D eigenvalue weighted by Crippen LogP contribution is -2.09. The van der Waals surface area contributed by atoms with Gasteiger partial charge in [-0.3, -0.25) is 4.79 Å². The third kappa shape index (κ3) is 4.68. The molecule has 1 N–H and O–H groups in total. The van der Waals surface area contributed by atoms with E-state index >= 15 is 0 Å². The van der Waals surface area contributed by atoms with Crippen LogP contribution in [0.25, 0.3) is 5.57 Å². The Morgan fingerprint density at radius 3 is 3.12 bits per heavy atom. The summed E-state index contributed by atoms with van der Waals surface area (Å²) in [5, 5.41) is 2.85. The van der Waals surface area contributed by atoms with Crippen LogP contribution in [-0.2, 0) is 16.1 Å². The fourth-order valence-electron chi connectivity index (χ4n) is 2.53. The Bertz CT molecular complexity index is 852. The third-order valence-corrected chi connectivity index (χ3v) is 3.97. The fraction of sp³-hybridized carbons (Fsp3) is 0.211. The molecule has 3 rings (SSSR count). The molecule has 0 aliphatic carbocycles. The number of benzene rings is 1. The number of nitrogens with zero attached hydrogens (tertiary/aromatic N) is 2. The number of aromatic nitrogens is 2. The topological polar surface area (TPSA) is 73.3 Å². The molecular formula is C19H18ClN3O3. The summed E-state index contributed by atoms with van der Waals surface area (Å²) in [5.74, 6) is 0.165. The Kier molecular flexibility index (Phi) is 5.99. The third-order valence-electron chi connectivity index (χ3n) is 3.79.